The fourth-order valence-corrected chi connectivity index (χ4v) is 1.65. The van der Waals surface area contributed by atoms with Crippen molar-refractivity contribution in [2.24, 2.45) is 0 Å². The van der Waals surface area contributed by atoms with Crippen molar-refractivity contribution in [1.29, 1.82) is 0 Å². The largest absolute Gasteiger partial charge is 0.465 e. The first-order valence-corrected chi connectivity index (χ1v) is 6.59. The second-order valence-corrected chi connectivity index (χ2v) is 4.29. The molecule has 0 aliphatic carbocycles. The Morgan fingerprint density at radius 1 is 1.42 bits per heavy atom. The monoisotopic (exact) mass is 286 g/mol. The van der Waals surface area contributed by atoms with Crippen molar-refractivity contribution >= 4 is 20.6 Å². The van der Waals surface area contributed by atoms with E-state index in [-0.39, 0.29) is 27.2 Å². The number of nitrogens with zero attached hydrogens (tertiary/aromatic N) is 1. The molecule has 0 fully saturated rings. The molecule has 104 valence electrons. The third kappa shape index (κ3) is 6.13. The van der Waals surface area contributed by atoms with Crippen molar-refractivity contribution in [3.05, 3.63) is 34.4 Å². The average Bonchev–Trinajstić information content (AvgIpc) is 2.41. The Labute approximate surface area is 112 Å². The fraction of sp³-hybridized carbons (Fsp3) is 0.364. The number of carbonyl (C=O) groups excluding carboxylic acids is 1. The first-order valence-electron chi connectivity index (χ1n) is 5.68. The van der Waals surface area contributed by atoms with E-state index in [1.165, 1.54) is 24.3 Å². The Hall–Kier alpha value is -1.72. The van der Waals surface area contributed by atoms with E-state index in [9.17, 15) is 14.9 Å². The Kier molecular flexibility index (Phi) is 6.78. The number of non-ortho nitro benzene ring substituents is 1. The van der Waals surface area contributed by atoms with E-state index in [1.807, 2.05) is 6.92 Å². The topological polar surface area (TPSA) is 90.7 Å². The first kappa shape index (κ1) is 15.3. The average molecular weight is 286 g/mol. The van der Waals surface area contributed by atoms with Gasteiger partial charge in [0, 0.05) is 12.1 Å². The van der Waals surface area contributed by atoms with Gasteiger partial charge in [-0.2, -0.15) is 0 Å². The Bertz CT molecular complexity index is 424. The zero-order chi connectivity index (χ0) is 14.1. The van der Waals surface area contributed by atoms with Crippen molar-refractivity contribution in [1.82, 2.24) is 5.09 Å². The number of hydrogen-bond donors (Lipinski definition) is 1. The molecule has 0 saturated heterocycles. The van der Waals surface area contributed by atoms with Crippen LogP contribution in [0, 0.1) is 10.1 Å². The molecule has 8 heteroatoms. The van der Waals surface area contributed by atoms with E-state index in [0.29, 0.717) is 12.4 Å². The molecule has 1 atom stereocenters. The SMILES string of the molecule is CCCOC(=O)CNPOc1ccc([N+](=O)[O-])cc1. The Morgan fingerprint density at radius 3 is 2.68 bits per heavy atom. The quantitative estimate of drug-likeness (QED) is 0.258. The summed E-state index contributed by atoms with van der Waals surface area (Å²) in [6.45, 7) is 2.40. The molecular weight excluding hydrogens is 271 g/mol. The number of rotatable bonds is 8. The third-order valence-electron chi connectivity index (χ3n) is 1.99. The number of nitro benzene ring substituents is 1. The van der Waals surface area contributed by atoms with Crippen LogP contribution in [0.15, 0.2) is 24.3 Å². The predicted octanol–water partition coefficient (Wildman–Crippen LogP) is 2.02. The molecule has 1 N–H and O–H groups in total. The first-order chi connectivity index (χ1) is 9.13. The Morgan fingerprint density at radius 2 is 2.11 bits per heavy atom. The summed E-state index contributed by atoms with van der Waals surface area (Å²) in [6.07, 6.45) is 0.785. The van der Waals surface area contributed by atoms with E-state index in [2.05, 4.69) is 5.09 Å². The molecule has 0 aliphatic heterocycles. The molecule has 19 heavy (non-hydrogen) atoms. The number of carbonyl (C=O) groups is 1. The molecular formula is C11H15N2O5P. The van der Waals surface area contributed by atoms with Gasteiger partial charge in [-0.25, -0.2) is 0 Å². The molecule has 1 rings (SSSR count). The fourth-order valence-electron chi connectivity index (χ4n) is 1.11. The predicted molar refractivity (Wildman–Crippen MR) is 71.3 cm³/mol. The van der Waals surface area contributed by atoms with Crippen molar-refractivity contribution < 1.29 is 19.0 Å². The minimum Gasteiger partial charge on any atom is -0.465 e. The van der Waals surface area contributed by atoms with Crippen LogP contribution in [0.25, 0.3) is 0 Å². The van der Waals surface area contributed by atoms with Gasteiger partial charge in [-0.15, -0.1) is 0 Å². The van der Waals surface area contributed by atoms with Gasteiger partial charge in [0.15, 0.2) is 0 Å². The summed E-state index contributed by atoms with van der Waals surface area (Å²) in [5.41, 5.74) is 0.00628. The highest BCUT2D eigenvalue weighted by molar-refractivity contribution is 7.30. The number of nitro groups is 1. The molecule has 0 aromatic heterocycles. The summed E-state index contributed by atoms with van der Waals surface area (Å²) in [6, 6.07) is 5.72. The zero-order valence-electron chi connectivity index (χ0n) is 10.4. The molecule has 0 spiro atoms. The van der Waals surface area contributed by atoms with Crippen molar-refractivity contribution in [2.75, 3.05) is 13.2 Å². The number of ether oxygens (including phenoxy) is 1. The summed E-state index contributed by atoms with van der Waals surface area (Å²) in [7, 11) is -0.122. The van der Waals surface area contributed by atoms with E-state index in [0.717, 1.165) is 6.42 Å². The van der Waals surface area contributed by atoms with Crippen LogP contribution in [-0.2, 0) is 9.53 Å². The highest BCUT2D eigenvalue weighted by Crippen LogP contribution is 2.21. The smallest absolute Gasteiger partial charge is 0.320 e. The van der Waals surface area contributed by atoms with Gasteiger partial charge in [0.05, 0.1) is 18.1 Å². The minimum atomic E-state index is -0.478. The van der Waals surface area contributed by atoms with E-state index in [4.69, 9.17) is 9.26 Å². The van der Waals surface area contributed by atoms with Crippen molar-refractivity contribution in [2.45, 2.75) is 13.3 Å². The molecule has 1 aromatic carbocycles. The van der Waals surface area contributed by atoms with Gasteiger partial charge in [0.2, 0.25) is 0 Å². The standard InChI is InChI=1S/C11H15N2O5P/c1-2-7-17-11(14)8-12-19-18-10-5-3-9(4-6-10)13(15)16/h3-6,12,19H,2,7-8H2,1H3. The van der Waals surface area contributed by atoms with Gasteiger partial charge in [0.25, 0.3) is 5.69 Å². The van der Waals surface area contributed by atoms with Gasteiger partial charge < -0.3 is 9.26 Å². The number of esters is 1. The lowest BCUT2D eigenvalue weighted by atomic mass is 10.3. The van der Waals surface area contributed by atoms with Gasteiger partial charge >= 0.3 is 5.97 Å². The lowest BCUT2D eigenvalue weighted by Gasteiger charge is -2.06. The van der Waals surface area contributed by atoms with Crippen LogP contribution in [0.2, 0.25) is 0 Å². The third-order valence-corrected chi connectivity index (χ3v) is 2.65. The summed E-state index contributed by atoms with van der Waals surface area (Å²) in [4.78, 5) is 21.1. The van der Waals surface area contributed by atoms with E-state index >= 15 is 0 Å². The summed E-state index contributed by atoms with van der Waals surface area (Å²) >= 11 is 0. The van der Waals surface area contributed by atoms with Crippen LogP contribution >= 0.6 is 8.96 Å². The molecule has 7 nitrogen and oxygen atoms in total. The van der Waals surface area contributed by atoms with Crippen LogP contribution in [0.4, 0.5) is 5.69 Å². The van der Waals surface area contributed by atoms with Crippen molar-refractivity contribution in [3.8, 4) is 5.75 Å². The van der Waals surface area contributed by atoms with Crippen LogP contribution in [-0.4, -0.2) is 24.0 Å². The molecule has 0 bridgehead atoms. The zero-order valence-corrected chi connectivity index (χ0v) is 11.4. The number of nitrogens with one attached hydrogen (secondary N) is 1. The number of hydrogen-bond acceptors (Lipinski definition) is 6. The van der Waals surface area contributed by atoms with Gasteiger partial charge in [-0.3, -0.25) is 20.0 Å². The maximum absolute atomic E-state index is 11.1. The highest BCUT2D eigenvalue weighted by atomic mass is 31.1. The van der Waals surface area contributed by atoms with E-state index < -0.39 is 4.92 Å². The lowest BCUT2D eigenvalue weighted by Crippen LogP contribution is -2.19. The summed E-state index contributed by atoms with van der Waals surface area (Å²) < 4.78 is 10.1. The molecule has 1 aromatic rings. The van der Waals surface area contributed by atoms with E-state index in [1.54, 1.807) is 0 Å². The summed E-state index contributed by atoms with van der Waals surface area (Å²) in [5.74, 6) is 0.167. The summed E-state index contributed by atoms with van der Waals surface area (Å²) in [5, 5.41) is 13.2. The van der Waals surface area contributed by atoms with Gasteiger partial charge in [-0.1, -0.05) is 6.92 Å². The van der Waals surface area contributed by atoms with Crippen molar-refractivity contribution in [3.63, 3.8) is 0 Å². The minimum absolute atomic E-state index is 0.00628. The molecule has 0 amide bonds. The number of benzene rings is 1. The normalized spacial score (nSPS) is 10.6. The van der Waals surface area contributed by atoms with Crippen LogP contribution in [0.1, 0.15) is 13.3 Å². The highest BCUT2D eigenvalue weighted by Gasteiger charge is 2.05. The second kappa shape index (κ2) is 8.39. The maximum atomic E-state index is 11.1. The van der Waals surface area contributed by atoms with Crippen LogP contribution in [0.3, 0.4) is 0 Å². The Balaban J connectivity index is 2.22. The van der Waals surface area contributed by atoms with Crippen LogP contribution < -0.4 is 9.61 Å². The lowest BCUT2D eigenvalue weighted by molar-refractivity contribution is -0.384. The maximum Gasteiger partial charge on any atom is 0.320 e. The molecule has 0 aliphatic rings. The molecule has 0 heterocycles. The van der Waals surface area contributed by atoms with Crippen LogP contribution in [0.5, 0.6) is 5.75 Å². The molecule has 0 saturated carbocycles. The van der Waals surface area contributed by atoms with Gasteiger partial charge in [-0.05, 0) is 18.6 Å². The van der Waals surface area contributed by atoms with Gasteiger partial charge in [0.1, 0.15) is 14.7 Å². The second-order valence-electron chi connectivity index (χ2n) is 3.53. The molecule has 1 unspecified atom stereocenters. The molecule has 0 radical (unpaired) electrons.